The average Bonchev–Trinajstić information content (AvgIpc) is 2.32. The molecule has 0 bridgehead atoms. The highest BCUT2D eigenvalue weighted by molar-refractivity contribution is 6.34. The van der Waals surface area contributed by atoms with Crippen LogP contribution in [0.25, 0.3) is 0 Å². The minimum absolute atomic E-state index is 0.0548. The van der Waals surface area contributed by atoms with E-state index in [-0.39, 0.29) is 22.2 Å². The monoisotopic (exact) mass is 331 g/mol. The van der Waals surface area contributed by atoms with E-state index in [9.17, 15) is 9.90 Å². The third kappa shape index (κ3) is 3.15. The largest absolute Gasteiger partial charge is 0.477 e. The van der Waals surface area contributed by atoms with Crippen molar-refractivity contribution in [3.8, 4) is 11.5 Å². The van der Waals surface area contributed by atoms with Crippen molar-refractivity contribution in [2.75, 3.05) is 0 Å². The van der Waals surface area contributed by atoms with Crippen molar-refractivity contribution in [1.29, 1.82) is 0 Å². The number of aromatic nitrogens is 1. The van der Waals surface area contributed by atoms with Crippen LogP contribution in [0.5, 0.6) is 11.5 Å². The van der Waals surface area contributed by atoms with E-state index in [4.69, 9.17) is 39.5 Å². The number of carboxylic acids is 1. The van der Waals surface area contributed by atoms with E-state index in [2.05, 4.69) is 4.98 Å². The SMILES string of the molecule is Cc1cc(Oc2cc(Cl)ccc2Cl)c(C(=O)O)c(Cl)n1. The van der Waals surface area contributed by atoms with Gasteiger partial charge in [-0.2, -0.15) is 0 Å². The van der Waals surface area contributed by atoms with Crippen molar-refractivity contribution < 1.29 is 14.6 Å². The number of aryl methyl sites for hydroxylation is 1. The van der Waals surface area contributed by atoms with Crippen molar-refractivity contribution in [2.24, 2.45) is 0 Å². The Morgan fingerprint density at radius 2 is 1.90 bits per heavy atom. The van der Waals surface area contributed by atoms with Gasteiger partial charge >= 0.3 is 5.97 Å². The summed E-state index contributed by atoms with van der Waals surface area (Å²) >= 11 is 17.7. The van der Waals surface area contributed by atoms with Crippen LogP contribution >= 0.6 is 34.8 Å². The molecule has 0 saturated carbocycles. The van der Waals surface area contributed by atoms with Crippen molar-refractivity contribution in [2.45, 2.75) is 6.92 Å². The Labute approximate surface area is 129 Å². The Hall–Kier alpha value is -1.49. The van der Waals surface area contributed by atoms with Crippen LogP contribution in [0.2, 0.25) is 15.2 Å². The van der Waals surface area contributed by atoms with Crippen LogP contribution in [0.1, 0.15) is 16.1 Å². The lowest BCUT2D eigenvalue weighted by Crippen LogP contribution is -2.04. The van der Waals surface area contributed by atoms with E-state index in [0.29, 0.717) is 15.7 Å². The topological polar surface area (TPSA) is 59.4 Å². The van der Waals surface area contributed by atoms with Gasteiger partial charge in [-0.1, -0.05) is 34.8 Å². The summed E-state index contributed by atoms with van der Waals surface area (Å²) in [5, 5.41) is 9.75. The minimum atomic E-state index is -1.24. The molecule has 0 unspecified atom stereocenters. The second-order valence-corrected chi connectivity index (χ2v) is 5.11. The number of benzene rings is 1. The molecular weight excluding hydrogens is 325 g/mol. The molecule has 0 fully saturated rings. The van der Waals surface area contributed by atoms with Crippen LogP contribution in [-0.2, 0) is 0 Å². The summed E-state index contributed by atoms with van der Waals surface area (Å²) in [6.07, 6.45) is 0. The van der Waals surface area contributed by atoms with Gasteiger partial charge in [0.25, 0.3) is 0 Å². The molecule has 1 N–H and O–H groups in total. The van der Waals surface area contributed by atoms with Crippen LogP contribution in [-0.4, -0.2) is 16.1 Å². The second kappa shape index (κ2) is 5.87. The van der Waals surface area contributed by atoms with Gasteiger partial charge in [-0.25, -0.2) is 9.78 Å². The van der Waals surface area contributed by atoms with Crippen LogP contribution in [0.4, 0.5) is 0 Å². The zero-order chi connectivity index (χ0) is 14.9. The molecule has 20 heavy (non-hydrogen) atoms. The molecule has 0 spiro atoms. The van der Waals surface area contributed by atoms with E-state index in [1.807, 2.05) is 0 Å². The predicted octanol–water partition coefficient (Wildman–Crippen LogP) is 4.84. The Kier molecular flexibility index (Phi) is 4.38. The molecule has 1 heterocycles. The van der Waals surface area contributed by atoms with Crippen LogP contribution in [0.3, 0.4) is 0 Å². The zero-order valence-corrected chi connectivity index (χ0v) is 12.4. The number of pyridine rings is 1. The first kappa shape index (κ1) is 14.9. The number of hydrogen-bond acceptors (Lipinski definition) is 3. The Morgan fingerprint density at radius 3 is 2.55 bits per heavy atom. The molecule has 0 amide bonds. The Balaban J connectivity index is 2.53. The lowest BCUT2D eigenvalue weighted by Gasteiger charge is -2.12. The Bertz CT molecular complexity index is 689. The molecule has 0 saturated heterocycles. The first-order chi connectivity index (χ1) is 9.38. The lowest BCUT2D eigenvalue weighted by atomic mass is 10.2. The molecule has 0 aliphatic carbocycles. The number of nitrogens with zero attached hydrogens (tertiary/aromatic N) is 1. The molecule has 104 valence electrons. The smallest absolute Gasteiger partial charge is 0.342 e. The fraction of sp³-hybridized carbons (Fsp3) is 0.0769. The van der Waals surface area contributed by atoms with Gasteiger partial charge in [0.2, 0.25) is 0 Å². The van der Waals surface area contributed by atoms with E-state index >= 15 is 0 Å². The summed E-state index contributed by atoms with van der Waals surface area (Å²) in [4.78, 5) is 15.1. The highest BCUT2D eigenvalue weighted by Gasteiger charge is 2.19. The molecule has 0 radical (unpaired) electrons. The van der Waals surface area contributed by atoms with Gasteiger partial charge in [0.15, 0.2) is 0 Å². The van der Waals surface area contributed by atoms with Crippen LogP contribution < -0.4 is 4.74 Å². The molecule has 1 aromatic heterocycles. The average molecular weight is 333 g/mol. The normalized spacial score (nSPS) is 10.4. The van der Waals surface area contributed by atoms with E-state index in [1.165, 1.54) is 12.1 Å². The maximum absolute atomic E-state index is 11.2. The van der Waals surface area contributed by atoms with Gasteiger partial charge in [0.05, 0.1) is 5.02 Å². The van der Waals surface area contributed by atoms with Crippen molar-refractivity contribution in [1.82, 2.24) is 4.98 Å². The molecular formula is C13H8Cl3NO3. The summed E-state index contributed by atoms with van der Waals surface area (Å²) in [6.45, 7) is 1.67. The molecule has 1 aromatic carbocycles. The molecule has 4 nitrogen and oxygen atoms in total. The molecule has 7 heteroatoms. The number of carboxylic acid groups (broad SMARTS) is 1. The van der Waals surface area contributed by atoms with Gasteiger partial charge in [-0.05, 0) is 19.1 Å². The lowest BCUT2D eigenvalue weighted by molar-refractivity contribution is 0.0694. The third-order valence-electron chi connectivity index (χ3n) is 2.39. The predicted molar refractivity (Wildman–Crippen MR) is 77.5 cm³/mol. The highest BCUT2D eigenvalue weighted by Crippen LogP contribution is 2.35. The van der Waals surface area contributed by atoms with Crippen molar-refractivity contribution >= 4 is 40.8 Å². The third-order valence-corrected chi connectivity index (χ3v) is 3.22. The van der Waals surface area contributed by atoms with Crippen molar-refractivity contribution in [3.63, 3.8) is 0 Å². The number of ether oxygens (including phenoxy) is 1. The maximum atomic E-state index is 11.2. The first-order valence-corrected chi connectivity index (χ1v) is 6.55. The van der Waals surface area contributed by atoms with E-state index in [0.717, 1.165) is 0 Å². The van der Waals surface area contributed by atoms with E-state index in [1.54, 1.807) is 19.1 Å². The summed E-state index contributed by atoms with van der Waals surface area (Å²) in [5.41, 5.74) is 0.293. The van der Waals surface area contributed by atoms with Crippen LogP contribution in [0, 0.1) is 6.92 Å². The highest BCUT2D eigenvalue weighted by atomic mass is 35.5. The van der Waals surface area contributed by atoms with Gasteiger partial charge in [-0.3, -0.25) is 0 Å². The van der Waals surface area contributed by atoms with Crippen molar-refractivity contribution in [3.05, 3.63) is 50.7 Å². The standard InChI is InChI=1S/C13H8Cl3NO3/c1-6-4-10(11(13(18)19)12(16)17-6)20-9-5-7(14)2-3-8(9)15/h2-5H,1H3,(H,18,19). The molecule has 2 rings (SSSR count). The molecule has 0 aliphatic rings. The minimum Gasteiger partial charge on any atom is -0.477 e. The summed E-state index contributed by atoms with van der Waals surface area (Å²) in [6, 6.07) is 6.10. The number of rotatable bonds is 3. The Morgan fingerprint density at radius 1 is 1.20 bits per heavy atom. The number of carbonyl (C=O) groups is 1. The molecule has 0 atom stereocenters. The second-order valence-electron chi connectivity index (χ2n) is 3.91. The molecule has 0 aliphatic heterocycles. The van der Waals surface area contributed by atoms with Gasteiger partial charge in [-0.15, -0.1) is 0 Å². The number of aromatic carboxylic acids is 1. The summed E-state index contributed by atoms with van der Waals surface area (Å²) in [7, 11) is 0. The zero-order valence-electron chi connectivity index (χ0n) is 10.2. The fourth-order valence-electron chi connectivity index (χ4n) is 1.55. The maximum Gasteiger partial charge on any atom is 0.342 e. The number of halogens is 3. The van der Waals surface area contributed by atoms with Gasteiger partial charge in [0, 0.05) is 22.8 Å². The van der Waals surface area contributed by atoms with Gasteiger partial charge in [0.1, 0.15) is 22.2 Å². The summed E-state index contributed by atoms with van der Waals surface area (Å²) < 4.78 is 5.52. The quantitative estimate of drug-likeness (QED) is 0.817. The van der Waals surface area contributed by atoms with Gasteiger partial charge < -0.3 is 9.84 Å². The van der Waals surface area contributed by atoms with Crippen LogP contribution in [0.15, 0.2) is 24.3 Å². The first-order valence-electron chi connectivity index (χ1n) is 5.42. The fourth-order valence-corrected chi connectivity index (χ4v) is 2.18. The molecule has 2 aromatic rings. The number of hydrogen-bond donors (Lipinski definition) is 1. The summed E-state index contributed by atoms with van der Waals surface area (Å²) in [5.74, 6) is -0.946. The van der Waals surface area contributed by atoms with E-state index < -0.39 is 5.97 Å².